The van der Waals surface area contributed by atoms with Gasteiger partial charge in [-0.05, 0) is 49.6 Å². The van der Waals surface area contributed by atoms with E-state index in [9.17, 15) is 9.18 Å². The molecule has 2 fully saturated rings. The number of nitrogens with one attached hydrogen (secondary N) is 2. The third kappa shape index (κ3) is 5.09. The predicted molar refractivity (Wildman–Crippen MR) is 124 cm³/mol. The maximum atomic E-state index is 13.2. The summed E-state index contributed by atoms with van der Waals surface area (Å²) in [7, 11) is 0. The van der Waals surface area contributed by atoms with E-state index in [-0.39, 0.29) is 11.4 Å². The van der Waals surface area contributed by atoms with Crippen LogP contribution in [0.3, 0.4) is 0 Å². The molecule has 1 aromatic carbocycles. The second-order valence-corrected chi connectivity index (χ2v) is 8.57. The number of nitrogens with zero attached hydrogens (tertiary/aromatic N) is 5. The predicted octanol–water partition coefficient (Wildman–Crippen LogP) is 1.65. The van der Waals surface area contributed by atoms with Gasteiger partial charge in [0, 0.05) is 56.7 Å². The number of rotatable bonds is 8. The molecular formula is C24H28FN7O. The highest BCUT2D eigenvalue weighted by molar-refractivity contribution is 5.39. The maximum Gasteiger partial charge on any atom is 0.300 e. The lowest BCUT2D eigenvalue weighted by Crippen LogP contribution is -2.46. The highest BCUT2D eigenvalue weighted by atomic mass is 19.1. The van der Waals surface area contributed by atoms with Gasteiger partial charge < -0.3 is 15.5 Å². The summed E-state index contributed by atoms with van der Waals surface area (Å²) in [6, 6.07) is 8.97. The number of anilines is 1. The van der Waals surface area contributed by atoms with Crippen LogP contribution in [0, 0.1) is 5.82 Å². The van der Waals surface area contributed by atoms with Crippen LogP contribution in [0.5, 0.6) is 0 Å². The summed E-state index contributed by atoms with van der Waals surface area (Å²) in [5.41, 5.74) is 1.85. The second kappa shape index (κ2) is 9.76. The van der Waals surface area contributed by atoms with E-state index in [2.05, 4.69) is 20.6 Å². The number of piperazine rings is 1. The van der Waals surface area contributed by atoms with Crippen molar-refractivity contribution in [1.29, 1.82) is 0 Å². The lowest BCUT2D eigenvalue weighted by atomic mass is 10.1. The highest BCUT2D eigenvalue weighted by Crippen LogP contribution is 2.40. The van der Waals surface area contributed by atoms with Crippen molar-refractivity contribution in [1.82, 2.24) is 30.2 Å². The molecule has 2 aromatic heterocycles. The molecule has 3 aromatic rings. The standard InChI is InChI=1S/C24H28FN7O/c25-18-6-4-17(5-7-18)20-15-21(20)27-8-1-3-19-16-32(24-28-9-2-10-29-24)23(33)22(30-19)31-13-11-26-12-14-31/h2,4-7,9-10,16,20-21,26-27H,1,3,8,11-15H2/t20-,21+/m0/s1. The largest absolute Gasteiger partial charge is 0.349 e. The van der Waals surface area contributed by atoms with Crippen LogP contribution in [0.2, 0.25) is 0 Å². The van der Waals surface area contributed by atoms with Gasteiger partial charge in [-0.15, -0.1) is 0 Å². The molecule has 5 rings (SSSR count). The van der Waals surface area contributed by atoms with Crippen LogP contribution in [0.15, 0.2) is 53.7 Å². The van der Waals surface area contributed by atoms with Crippen molar-refractivity contribution < 1.29 is 4.39 Å². The molecule has 8 nitrogen and oxygen atoms in total. The van der Waals surface area contributed by atoms with E-state index >= 15 is 0 Å². The SMILES string of the molecule is O=c1c(N2CCNCC2)nc(CCCN[C@@H]2C[C@H]2c2ccc(F)cc2)cn1-c1ncccn1. The maximum absolute atomic E-state index is 13.2. The molecule has 0 unspecified atom stereocenters. The zero-order valence-corrected chi connectivity index (χ0v) is 18.5. The zero-order valence-electron chi connectivity index (χ0n) is 18.5. The number of halogens is 1. The molecule has 1 saturated carbocycles. The summed E-state index contributed by atoms with van der Waals surface area (Å²) in [5.74, 6) is 1.09. The monoisotopic (exact) mass is 449 g/mol. The van der Waals surface area contributed by atoms with Crippen LogP contribution in [0.1, 0.15) is 30.0 Å². The van der Waals surface area contributed by atoms with Crippen molar-refractivity contribution in [3.8, 4) is 5.95 Å². The van der Waals surface area contributed by atoms with Gasteiger partial charge in [0.05, 0.1) is 5.69 Å². The summed E-state index contributed by atoms with van der Waals surface area (Å²) in [6.45, 7) is 4.00. The molecule has 2 atom stereocenters. The molecule has 1 aliphatic carbocycles. The van der Waals surface area contributed by atoms with Gasteiger partial charge in [-0.1, -0.05) is 12.1 Å². The summed E-state index contributed by atoms with van der Waals surface area (Å²) in [6.07, 6.45) is 7.75. The molecule has 0 amide bonds. The van der Waals surface area contributed by atoms with E-state index in [0.717, 1.165) is 57.7 Å². The van der Waals surface area contributed by atoms with Crippen LogP contribution in [-0.2, 0) is 6.42 Å². The number of aryl methyl sites for hydroxylation is 1. The molecule has 0 bridgehead atoms. The molecular weight excluding hydrogens is 421 g/mol. The summed E-state index contributed by atoms with van der Waals surface area (Å²) < 4.78 is 14.6. The van der Waals surface area contributed by atoms with Crippen LogP contribution in [0.25, 0.3) is 5.95 Å². The molecule has 3 heterocycles. The summed E-state index contributed by atoms with van der Waals surface area (Å²) in [4.78, 5) is 28.5. The molecule has 1 aliphatic heterocycles. The molecule has 2 N–H and O–H groups in total. The van der Waals surface area contributed by atoms with Crippen molar-refractivity contribution in [2.24, 2.45) is 0 Å². The topological polar surface area (TPSA) is 88.0 Å². The van der Waals surface area contributed by atoms with E-state index in [1.165, 1.54) is 22.3 Å². The van der Waals surface area contributed by atoms with Crippen LogP contribution in [-0.4, -0.2) is 58.3 Å². The Labute approximate surface area is 191 Å². The first-order chi connectivity index (χ1) is 16.2. The minimum Gasteiger partial charge on any atom is -0.349 e. The van der Waals surface area contributed by atoms with Gasteiger partial charge in [0.2, 0.25) is 5.95 Å². The van der Waals surface area contributed by atoms with E-state index < -0.39 is 0 Å². The van der Waals surface area contributed by atoms with Gasteiger partial charge in [0.15, 0.2) is 5.82 Å². The normalized spacial score (nSPS) is 20.1. The first kappa shape index (κ1) is 21.7. The van der Waals surface area contributed by atoms with Crippen LogP contribution < -0.4 is 21.1 Å². The summed E-state index contributed by atoms with van der Waals surface area (Å²) >= 11 is 0. The van der Waals surface area contributed by atoms with Gasteiger partial charge in [-0.25, -0.2) is 23.9 Å². The Morgan fingerprint density at radius 3 is 2.64 bits per heavy atom. The van der Waals surface area contributed by atoms with E-state index in [0.29, 0.717) is 23.7 Å². The lowest BCUT2D eigenvalue weighted by molar-refractivity contribution is 0.578. The third-order valence-electron chi connectivity index (χ3n) is 6.23. The summed E-state index contributed by atoms with van der Waals surface area (Å²) in [5, 5.41) is 6.90. The van der Waals surface area contributed by atoms with Gasteiger partial charge >= 0.3 is 0 Å². The van der Waals surface area contributed by atoms with Crippen LogP contribution in [0.4, 0.5) is 10.2 Å². The minimum atomic E-state index is -0.196. The average Bonchev–Trinajstić information content (AvgIpc) is 3.64. The van der Waals surface area contributed by atoms with Crippen LogP contribution >= 0.6 is 0 Å². The molecule has 9 heteroatoms. The van der Waals surface area contributed by atoms with Crippen molar-refractivity contribution in [2.45, 2.75) is 31.2 Å². The Hall–Kier alpha value is -3.17. The fraction of sp³-hybridized carbons (Fsp3) is 0.417. The number of aromatic nitrogens is 4. The zero-order chi connectivity index (χ0) is 22.6. The van der Waals surface area contributed by atoms with Gasteiger partial charge in [-0.3, -0.25) is 4.79 Å². The van der Waals surface area contributed by atoms with E-state index in [1.807, 2.05) is 17.0 Å². The average molecular weight is 450 g/mol. The fourth-order valence-corrected chi connectivity index (χ4v) is 4.35. The quantitative estimate of drug-likeness (QED) is 0.506. The van der Waals surface area contributed by atoms with Gasteiger partial charge in [0.25, 0.3) is 5.56 Å². The number of hydrogen-bond donors (Lipinski definition) is 2. The van der Waals surface area contributed by atoms with Crippen molar-refractivity contribution in [3.63, 3.8) is 0 Å². The third-order valence-corrected chi connectivity index (χ3v) is 6.23. The Morgan fingerprint density at radius 1 is 1.12 bits per heavy atom. The smallest absolute Gasteiger partial charge is 0.300 e. The Balaban J connectivity index is 1.25. The molecule has 33 heavy (non-hydrogen) atoms. The lowest BCUT2D eigenvalue weighted by Gasteiger charge is -2.28. The molecule has 2 aliphatic rings. The fourth-order valence-electron chi connectivity index (χ4n) is 4.35. The number of benzene rings is 1. The van der Waals surface area contributed by atoms with Crippen molar-refractivity contribution in [3.05, 3.63) is 76.4 Å². The highest BCUT2D eigenvalue weighted by Gasteiger charge is 2.37. The minimum absolute atomic E-state index is 0.190. The van der Waals surface area contributed by atoms with Crippen molar-refractivity contribution in [2.75, 3.05) is 37.6 Å². The molecule has 1 saturated heterocycles. The van der Waals surface area contributed by atoms with Gasteiger partial charge in [-0.2, -0.15) is 0 Å². The first-order valence-electron chi connectivity index (χ1n) is 11.5. The number of hydrogen-bond acceptors (Lipinski definition) is 7. The molecule has 0 radical (unpaired) electrons. The second-order valence-electron chi connectivity index (χ2n) is 8.57. The molecule has 172 valence electrons. The van der Waals surface area contributed by atoms with E-state index in [4.69, 9.17) is 4.98 Å². The first-order valence-corrected chi connectivity index (χ1v) is 11.5. The van der Waals surface area contributed by atoms with E-state index in [1.54, 1.807) is 24.7 Å². The van der Waals surface area contributed by atoms with Gasteiger partial charge in [0.1, 0.15) is 5.82 Å². The molecule has 0 spiro atoms. The van der Waals surface area contributed by atoms with Crippen molar-refractivity contribution >= 4 is 5.82 Å². The Morgan fingerprint density at radius 2 is 1.88 bits per heavy atom. The Bertz CT molecular complexity index is 1130. The Kier molecular flexibility index (Phi) is 6.41.